The van der Waals surface area contributed by atoms with Crippen LogP contribution in [0.15, 0.2) is 6.07 Å². The molecule has 5 nitrogen and oxygen atoms in total. The first kappa shape index (κ1) is 15.0. The molecule has 6 heteroatoms. The van der Waals surface area contributed by atoms with Gasteiger partial charge in [0, 0.05) is 25.4 Å². The number of hydrogen-bond acceptors (Lipinski definition) is 3. The Balaban J connectivity index is 0.00000162. The topological polar surface area (TPSA) is 72.9 Å². The summed E-state index contributed by atoms with van der Waals surface area (Å²) in [5, 5.41) is 7.12. The zero-order valence-corrected chi connectivity index (χ0v) is 11.7. The number of nitrogens with two attached hydrogens (primary N) is 1. The summed E-state index contributed by atoms with van der Waals surface area (Å²) in [4.78, 5) is 12.2. The van der Waals surface area contributed by atoms with E-state index in [1.54, 1.807) is 4.68 Å². The number of nitrogens with zero attached hydrogens (tertiary/aromatic N) is 2. The zero-order valence-electron chi connectivity index (χ0n) is 10.9. The van der Waals surface area contributed by atoms with Crippen LogP contribution in [0.2, 0.25) is 0 Å². The number of aryl methyl sites for hydroxylation is 2. The third kappa shape index (κ3) is 2.67. The van der Waals surface area contributed by atoms with E-state index in [2.05, 4.69) is 10.4 Å². The van der Waals surface area contributed by atoms with Gasteiger partial charge in [-0.1, -0.05) is 12.8 Å². The van der Waals surface area contributed by atoms with Crippen molar-refractivity contribution in [1.29, 1.82) is 0 Å². The van der Waals surface area contributed by atoms with Gasteiger partial charge in [0.1, 0.15) is 0 Å². The van der Waals surface area contributed by atoms with Gasteiger partial charge in [-0.15, -0.1) is 12.4 Å². The van der Waals surface area contributed by atoms with Crippen LogP contribution in [0, 0.1) is 12.3 Å². The molecular weight excluding hydrogens is 252 g/mol. The number of halogens is 1. The van der Waals surface area contributed by atoms with Crippen molar-refractivity contribution in [3.05, 3.63) is 11.8 Å². The number of carbonyl (C=O) groups excluding carboxylic acids is 1. The first-order chi connectivity index (χ1) is 8.07. The molecule has 0 spiro atoms. The van der Waals surface area contributed by atoms with E-state index in [4.69, 9.17) is 5.73 Å². The lowest BCUT2D eigenvalue weighted by Crippen LogP contribution is -2.40. The SMILES string of the molecule is Cc1cc(NC(=O)C2(CN)CCCC2)nn1C.Cl. The van der Waals surface area contributed by atoms with E-state index in [0.29, 0.717) is 12.4 Å². The molecule has 1 heterocycles. The summed E-state index contributed by atoms with van der Waals surface area (Å²) in [5.41, 5.74) is 6.42. The Bertz CT molecular complexity index is 404. The van der Waals surface area contributed by atoms with Gasteiger partial charge < -0.3 is 11.1 Å². The molecule has 18 heavy (non-hydrogen) atoms. The Morgan fingerprint density at radius 1 is 1.56 bits per heavy atom. The molecular formula is C12H21ClN4O. The molecule has 0 aliphatic heterocycles. The number of aromatic nitrogens is 2. The molecule has 1 aliphatic carbocycles. The summed E-state index contributed by atoms with van der Waals surface area (Å²) in [5.74, 6) is 0.644. The highest BCUT2D eigenvalue weighted by atomic mass is 35.5. The standard InChI is InChI=1S/C12H20N4O.ClH/c1-9-7-10(15-16(9)2)14-11(17)12(8-13)5-3-4-6-12;/h7H,3-6,8,13H2,1-2H3,(H,14,15,17);1H. The molecule has 0 saturated heterocycles. The number of rotatable bonds is 3. The lowest BCUT2D eigenvalue weighted by molar-refractivity contribution is -0.124. The molecule has 0 radical (unpaired) electrons. The fourth-order valence-electron chi connectivity index (χ4n) is 2.45. The highest BCUT2D eigenvalue weighted by molar-refractivity contribution is 5.95. The highest BCUT2D eigenvalue weighted by Gasteiger charge is 2.40. The molecule has 0 aromatic carbocycles. The Kier molecular flexibility index (Phi) is 4.76. The van der Waals surface area contributed by atoms with E-state index in [0.717, 1.165) is 31.4 Å². The van der Waals surface area contributed by atoms with Gasteiger partial charge in [-0.25, -0.2) is 0 Å². The average molecular weight is 273 g/mol. The van der Waals surface area contributed by atoms with E-state index >= 15 is 0 Å². The van der Waals surface area contributed by atoms with Crippen LogP contribution in [0.5, 0.6) is 0 Å². The van der Waals surface area contributed by atoms with Crippen molar-refractivity contribution in [2.75, 3.05) is 11.9 Å². The maximum Gasteiger partial charge on any atom is 0.233 e. The second-order valence-corrected chi connectivity index (χ2v) is 4.94. The van der Waals surface area contributed by atoms with E-state index in [1.807, 2.05) is 20.0 Å². The van der Waals surface area contributed by atoms with Crippen molar-refractivity contribution >= 4 is 24.1 Å². The van der Waals surface area contributed by atoms with Gasteiger partial charge in [0.25, 0.3) is 0 Å². The third-order valence-electron chi connectivity index (χ3n) is 3.79. The van der Waals surface area contributed by atoms with Gasteiger partial charge >= 0.3 is 0 Å². The number of hydrogen-bond donors (Lipinski definition) is 2. The smallest absolute Gasteiger partial charge is 0.233 e. The summed E-state index contributed by atoms with van der Waals surface area (Å²) in [6, 6.07) is 1.87. The van der Waals surface area contributed by atoms with Gasteiger partial charge in [0.05, 0.1) is 5.41 Å². The maximum atomic E-state index is 12.2. The number of nitrogens with one attached hydrogen (secondary N) is 1. The summed E-state index contributed by atoms with van der Waals surface area (Å²) in [7, 11) is 1.86. The molecule has 0 unspecified atom stereocenters. The molecule has 102 valence electrons. The van der Waals surface area contributed by atoms with Crippen LogP contribution in [0.4, 0.5) is 5.82 Å². The number of amides is 1. The average Bonchev–Trinajstić information content (AvgIpc) is 2.88. The summed E-state index contributed by atoms with van der Waals surface area (Å²) < 4.78 is 1.75. The van der Waals surface area contributed by atoms with Crippen molar-refractivity contribution in [2.45, 2.75) is 32.6 Å². The minimum Gasteiger partial charge on any atom is -0.329 e. The van der Waals surface area contributed by atoms with Gasteiger partial charge in [-0.05, 0) is 19.8 Å². The van der Waals surface area contributed by atoms with E-state index in [9.17, 15) is 4.79 Å². The normalized spacial score (nSPS) is 17.3. The molecule has 1 aromatic rings. The summed E-state index contributed by atoms with van der Waals surface area (Å²) in [6.45, 7) is 2.38. The van der Waals surface area contributed by atoms with Crippen LogP contribution >= 0.6 is 12.4 Å². The van der Waals surface area contributed by atoms with E-state index in [1.165, 1.54) is 0 Å². The first-order valence-corrected chi connectivity index (χ1v) is 6.09. The molecule has 0 atom stereocenters. The molecule has 1 saturated carbocycles. The monoisotopic (exact) mass is 272 g/mol. The van der Waals surface area contributed by atoms with Gasteiger partial charge in [-0.2, -0.15) is 5.10 Å². The fourth-order valence-corrected chi connectivity index (χ4v) is 2.45. The van der Waals surface area contributed by atoms with Gasteiger partial charge in [0.15, 0.2) is 5.82 Å². The van der Waals surface area contributed by atoms with Crippen LogP contribution in [0.25, 0.3) is 0 Å². The van der Waals surface area contributed by atoms with Crippen molar-refractivity contribution in [2.24, 2.45) is 18.2 Å². The van der Waals surface area contributed by atoms with E-state index < -0.39 is 0 Å². The van der Waals surface area contributed by atoms with Crippen molar-refractivity contribution in [3.63, 3.8) is 0 Å². The van der Waals surface area contributed by atoms with Gasteiger partial charge in [0.2, 0.25) is 5.91 Å². The first-order valence-electron chi connectivity index (χ1n) is 6.09. The molecule has 1 fully saturated rings. The van der Waals surface area contributed by atoms with E-state index in [-0.39, 0.29) is 23.7 Å². The second kappa shape index (κ2) is 5.71. The molecule has 3 N–H and O–H groups in total. The van der Waals surface area contributed by atoms with Crippen LogP contribution in [-0.2, 0) is 11.8 Å². The van der Waals surface area contributed by atoms with Crippen LogP contribution < -0.4 is 11.1 Å². The van der Waals surface area contributed by atoms with Gasteiger partial charge in [-0.3, -0.25) is 9.48 Å². The zero-order chi connectivity index (χ0) is 12.5. The van der Waals surface area contributed by atoms with Crippen LogP contribution in [-0.4, -0.2) is 22.2 Å². The molecule has 0 bridgehead atoms. The van der Waals surface area contributed by atoms with Crippen LogP contribution in [0.1, 0.15) is 31.4 Å². The maximum absolute atomic E-state index is 12.2. The Hall–Kier alpha value is -1.07. The number of anilines is 1. The molecule has 1 amide bonds. The van der Waals surface area contributed by atoms with Crippen molar-refractivity contribution in [1.82, 2.24) is 9.78 Å². The third-order valence-corrected chi connectivity index (χ3v) is 3.79. The lowest BCUT2D eigenvalue weighted by Gasteiger charge is -2.24. The highest BCUT2D eigenvalue weighted by Crippen LogP contribution is 2.38. The Morgan fingerprint density at radius 3 is 2.61 bits per heavy atom. The predicted molar refractivity (Wildman–Crippen MR) is 73.8 cm³/mol. The summed E-state index contributed by atoms with van der Waals surface area (Å²) in [6.07, 6.45) is 3.96. The fraction of sp³-hybridized carbons (Fsp3) is 0.667. The Labute approximate surface area is 114 Å². The largest absolute Gasteiger partial charge is 0.329 e. The lowest BCUT2D eigenvalue weighted by atomic mass is 9.85. The minimum absolute atomic E-state index is 0. The minimum atomic E-state index is -0.370. The number of carbonyl (C=O) groups is 1. The Morgan fingerprint density at radius 2 is 2.17 bits per heavy atom. The van der Waals surface area contributed by atoms with Crippen molar-refractivity contribution < 1.29 is 4.79 Å². The summed E-state index contributed by atoms with van der Waals surface area (Å²) >= 11 is 0. The molecule has 1 aromatic heterocycles. The predicted octanol–water partition coefficient (Wildman–Crippen LogP) is 1.61. The molecule has 2 rings (SSSR count). The van der Waals surface area contributed by atoms with Crippen LogP contribution in [0.3, 0.4) is 0 Å². The quantitative estimate of drug-likeness (QED) is 0.878. The molecule has 1 aliphatic rings. The second-order valence-electron chi connectivity index (χ2n) is 4.94. The van der Waals surface area contributed by atoms with Crippen molar-refractivity contribution in [3.8, 4) is 0 Å².